The molecule has 0 aliphatic heterocycles. The van der Waals surface area contributed by atoms with Gasteiger partial charge in [-0.25, -0.2) is 0 Å². The van der Waals surface area contributed by atoms with E-state index >= 15 is 0 Å². The van der Waals surface area contributed by atoms with Crippen molar-refractivity contribution in [3.63, 3.8) is 0 Å². The molecule has 0 aliphatic carbocycles. The van der Waals surface area contributed by atoms with Crippen LogP contribution in [0.15, 0.2) is 42.5 Å². The van der Waals surface area contributed by atoms with E-state index in [2.05, 4.69) is 32.0 Å². The molecule has 0 N–H and O–H groups in total. The number of hydrogen-bond acceptors (Lipinski definition) is 3. The van der Waals surface area contributed by atoms with E-state index < -0.39 is 0 Å². The molecule has 0 heterocycles. The van der Waals surface area contributed by atoms with E-state index in [1.807, 2.05) is 30.3 Å². The Morgan fingerprint density at radius 1 is 1.09 bits per heavy atom. The first-order valence-corrected chi connectivity index (χ1v) is 7.87. The molecule has 0 fully saturated rings. The predicted octanol–water partition coefficient (Wildman–Crippen LogP) is 4.78. The van der Waals surface area contributed by atoms with Crippen LogP contribution in [0.25, 0.3) is 0 Å². The highest BCUT2D eigenvalue weighted by molar-refractivity contribution is 5.35. The summed E-state index contributed by atoms with van der Waals surface area (Å²) >= 11 is 0. The van der Waals surface area contributed by atoms with Gasteiger partial charge < -0.3 is 9.47 Å². The van der Waals surface area contributed by atoms with Crippen molar-refractivity contribution in [1.29, 1.82) is 5.26 Å². The van der Waals surface area contributed by atoms with Crippen LogP contribution in [0.3, 0.4) is 0 Å². The highest BCUT2D eigenvalue weighted by atomic mass is 16.5. The lowest BCUT2D eigenvalue weighted by Crippen LogP contribution is -2.03. The van der Waals surface area contributed by atoms with Gasteiger partial charge in [0.25, 0.3) is 0 Å². The Balaban J connectivity index is 1.85. The van der Waals surface area contributed by atoms with Gasteiger partial charge >= 0.3 is 0 Å². The quantitative estimate of drug-likeness (QED) is 0.691. The lowest BCUT2D eigenvalue weighted by atomic mass is 9.96. The first-order chi connectivity index (χ1) is 11.1. The normalized spacial score (nSPS) is 11.6. The average molecular weight is 309 g/mol. The van der Waals surface area contributed by atoms with Gasteiger partial charge in [0.15, 0.2) is 0 Å². The minimum Gasteiger partial charge on any atom is -0.497 e. The fourth-order valence-electron chi connectivity index (χ4n) is 2.57. The number of ether oxygens (including phenoxy) is 2. The zero-order valence-corrected chi connectivity index (χ0v) is 14.0. The number of aryl methyl sites for hydroxylation is 2. The Kier molecular flexibility index (Phi) is 6.05. The van der Waals surface area contributed by atoms with Crippen LogP contribution in [0.1, 0.15) is 35.4 Å². The van der Waals surface area contributed by atoms with E-state index in [4.69, 9.17) is 9.47 Å². The van der Waals surface area contributed by atoms with E-state index in [-0.39, 0.29) is 5.92 Å². The number of benzene rings is 2. The maximum atomic E-state index is 9.37. The van der Waals surface area contributed by atoms with E-state index in [1.165, 1.54) is 5.56 Å². The summed E-state index contributed by atoms with van der Waals surface area (Å²) in [5, 5.41) is 9.37. The molecule has 2 aromatic carbocycles. The summed E-state index contributed by atoms with van der Waals surface area (Å²) in [6.07, 6.45) is 1.63. The minimum absolute atomic E-state index is 0.108. The highest BCUT2D eigenvalue weighted by Gasteiger charge is 2.10. The second-order valence-corrected chi connectivity index (χ2v) is 5.71. The highest BCUT2D eigenvalue weighted by Crippen LogP contribution is 2.24. The Bertz CT molecular complexity index is 671. The Labute approximate surface area is 138 Å². The van der Waals surface area contributed by atoms with Crippen LogP contribution in [0.4, 0.5) is 0 Å². The maximum Gasteiger partial charge on any atom is 0.122 e. The molecule has 0 saturated heterocycles. The van der Waals surface area contributed by atoms with Crippen molar-refractivity contribution in [2.45, 2.75) is 32.6 Å². The van der Waals surface area contributed by atoms with Gasteiger partial charge in [-0.05, 0) is 56.0 Å². The smallest absolute Gasteiger partial charge is 0.122 e. The maximum absolute atomic E-state index is 9.37. The molecule has 0 bridgehead atoms. The molecule has 0 aliphatic rings. The molecule has 3 heteroatoms. The van der Waals surface area contributed by atoms with Crippen LogP contribution in [-0.2, 0) is 0 Å². The van der Waals surface area contributed by atoms with Gasteiger partial charge in [-0.2, -0.15) is 5.26 Å². The molecular weight excluding hydrogens is 286 g/mol. The fraction of sp³-hybridized carbons (Fsp3) is 0.350. The topological polar surface area (TPSA) is 42.2 Å². The molecule has 0 spiro atoms. The van der Waals surface area contributed by atoms with Gasteiger partial charge in [-0.1, -0.05) is 29.8 Å². The van der Waals surface area contributed by atoms with E-state index in [1.54, 1.807) is 7.11 Å². The molecule has 0 radical (unpaired) electrons. The molecule has 1 atom stereocenters. The van der Waals surface area contributed by atoms with E-state index in [0.29, 0.717) is 6.61 Å². The molecule has 2 aromatic rings. The van der Waals surface area contributed by atoms with Crippen LogP contribution in [0.2, 0.25) is 0 Å². The summed E-state index contributed by atoms with van der Waals surface area (Å²) in [5.74, 6) is 1.63. The molecule has 0 saturated carbocycles. The average Bonchev–Trinajstić information content (AvgIpc) is 2.57. The SMILES string of the molecule is COc1ccc(C(C#N)CCCOc2ccc(C)cc2C)cc1. The molecule has 1 unspecified atom stereocenters. The molecule has 23 heavy (non-hydrogen) atoms. The third-order valence-corrected chi connectivity index (χ3v) is 3.90. The lowest BCUT2D eigenvalue weighted by molar-refractivity contribution is 0.303. The van der Waals surface area contributed by atoms with Gasteiger partial charge in [-0.3, -0.25) is 0 Å². The second-order valence-electron chi connectivity index (χ2n) is 5.71. The van der Waals surface area contributed by atoms with Crippen molar-refractivity contribution in [2.24, 2.45) is 0 Å². The summed E-state index contributed by atoms with van der Waals surface area (Å²) in [4.78, 5) is 0. The molecule has 0 aromatic heterocycles. The largest absolute Gasteiger partial charge is 0.497 e. The molecule has 0 amide bonds. The standard InChI is InChI=1S/C20H23NO2/c1-15-6-11-20(16(2)13-15)23-12-4-5-18(14-21)17-7-9-19(22-3)10-8-17/h6-11,13,18H,4-5,12H2,1-3H3. The Morgan fingerprint density at radius 3 is 2.43 bits per heavy atom. The molecule has 3 nitrogen and oxygen atoms in total. The first-order valence-electron chi connectivity index (χ1n) is 7.87. The number of nitriles is 1. The molecule has 120 valence electrons. The van der Waals surface area contributed by atoms with Crippen LogP contribution < -0.4 is 9.47 Å². The summed E-state index contributed by atoms with van der Waals surface area (Å²) < 4.78 is 11.0. The van der Waals surface area contributed by atoms with Gasteiger partial charge in [0.2, 0.25) is 0 Å². The van der Waals surface area contributed by atoms with Crippen LogP contribution in [0.5, 0.6) is 11.5 Å². The van der Waals surface area contributed by atoms with Crippen molar-refractivity contribution in [2.75, 3.05) is 13.7 Å². The zero-order valence-electron chi connectivity index (χ0n) is 14.0. The zero-order chi connectivity index (χ0) is 16.7. The van der Waals surface area contributed by atoms with Crippen molar-refractivity contribution >= 4 is 0 Å². The summed E-state index contributed by atoms with van der Waals surface area (Å²) in [6.45, 7) is 4.75. The van der Waals surface area contributed by atoms with Gasteiger partial charge in [0, 0.05) is 0 Å². The molecular formula is C20H23NO2. The van der Waals surface area contributed by atoms with Crippen LogP contribution in [0, 0.1) is 25.2 Å². The number of rotatable bonds is 7. The van der Waals surface area contributed by atoms with Gasteiger partial charge in [-0.15, -0.1) is 0 Å². The fourth-order valence-corrected chi connectivity index (χ4v) is 2.57. The Morgan fingerprint density at radius 2 is 1.83 bits per heavy atom. The van der Waals surface area contributed by atoms with E-state index in [0.717, 1.165) is 35.5 Å². The summed E-state index contributed by atoms with van der Waals surface area (Å²) in [6, 6.07) is 16.3. The van der Waals surface area contributed by atoms with Crippen molar-refractivity contribution in [3.05, 3.63) is 59.2 Å². The van der Waals surface area contributed by atoms with Crippen molar-refractivity contribution < 1.29 is 9.47 Å². The Hall–Kier alpha value is -2.47. The molecule has 2 rings (SSSR count). The lowest BCUT2D eigenvalue weighted by Gasteiger charge is -2.12. The second kappa shape index (κ2) is 8.24. The monoisotopic (exact) mass is 309 g/mol. The third kappa shape index (κ3) is 4.75. The first kappa shape index (κ1) is 16.9. The van der Waals surface area contributed by atoms with Crippen LogP contribution in [-0.4, -0.2) is 13.7 Å². The minimum atomic E-state index is -0.108. The van der Waals surface area contributed by atoms with Gasteiger partial charge in [0.1, 0.15) is 11.5 Å². The summed E-state index contributed by atoms with van der Waals surface area (Å²) in [7, 11) is 1.64. The van der Waals surface area contributed by atoms with Crippen molar-refractivity contribution in [1.82, 2.24) is 0 Å². The predicted molar refractivity (Wildman–Crippen MR) is 92.0 cm³/mol. The van der Waals surface area contributed by atoms with E-state index in [9.17, 15) is 5.26 Å². The third-order valence-electron chi connectivity index (χ3n) is 3.90. The number of nitrogens with zero attached hydrogens (tertiary/aromatic N) is 1. The number of hydrogen-bond donors (Lipinski definition) is 0. The number of methoxy groups -OCH3 is 1. The van der Waals surface area contributed by atoms with Gasteiger partial charge in [0.05, 0.1) is 25.7 Å². The van der Waals surface area contributed by atoms with Crippen LogP contribution >= 0.6 is 0 Å². The summed E-state index contributed by atoms with van der Waals surface area (Å²) in [5.41, 5.74) is 3.41. The van der Waals surface area contributed by atoms with Crippen molar-refractivity contribution in [3.8, 4) is 17.6 Å².